The maximum atomic E-state index is 11.4. The summed E-state index contributed by atoms with van der Waals surface area (Å²) in [6.45, 7) is 0. The summed E-state index contributed by atoms with van der Waals surface area (Å²) in [4.78, 5) is 27.3. The van der Waals surface area contributed by atoms with E-state index in [4.69, 9.17) is 5.11 Å². The van der Waals surface area contributed by atoms with Gasteiger partial charge in [-0.05, 0) is 6.07 Å². The SMILES string of the molecule is CN(C)c1ccncc1NC(=O)/C=C/C(=O)O. The van der Waals surface area contributed by atoms with Crippen LogP contribution in [0.25, 0.3) is 0 Å². The molecule has 1 aromatic heterocycles. The number of carbonyl (C=O) groups is 2. The van der Waals surface area contributed by atoms with Crippen LogP contribution in [-0.4, -0.2) is 36.1 Å². The first-order chi connectivity index (χ1) is 8.00. The predicted molar refractivity (Wildman–Crippen MR) is 64.0 cm³/mol. The number of carbonyl (C=O) groups excluding carboxylic acids is 1. The third-order valence-corrected chi connectivity index (χ3v) is 1.92. The highest BCUT2D eigenvalue weighted by Crippen LogP contribution is 2.21. The zero-order valence-electron chi connectivity index (χ0n) is 9.54. The maximum absolute atomic E-state index is 11.4. The van der Waals surface area contributed by atoms with Gasteiger partial charge in [-0.15, -0.1) is 0 Å². The lowest BCUT2D eigenvalue weighted by Gasteiger charge is -2.16. The van der Waals surface area contributed by atoms with Crippen LogP contribution in [0.4, 0.5) is 11.4 Å². The lowest BCUT2D eigenvalue weighted by molar-refractivity contribution is -0.131. The van der Waals surface area contributed by atoms with Crippen molar-refractivity contribution in [3.05, 3.63) is 30.6 Å². The lowest BCUT2D eigenvalue weighted by Crippen LogP contribution is -2.15. The molecule has 0 aliphatic heterocycles. The Morgan fingerprint density at radius 1 is 1.41 bits per heavy atom. The number of amides is 1. The number of hydrogen-bond donors (Lipinski definition) is 2. The maximum Gasteiger partial charge on any atom is 0.328 e. The Morgan fingerprint density at radius 3 is 2.71 bits per heavy atom. The van der Waals surface area contributed by atoms with Crippen LogP contribution < -0.4 is 10.2 Å². The molecule has 0 aliphatic carbocycles. The van der Waals surface area contributed by atoms with Gasteiger partial charge in [0, 0.05) is 32.4 Å². The Bertz CT molecular complexity index is 455. The quantitative estimate of drug-likeness (QED) is 0.752. The van der Waals surface area contributed by atoms with Crippen molar-refractivity contribution in [1.29, 1.82) is 0 Å². The minimum absolute atomic E-state index is 0.511. The van der Waals surface area contributed by atoms with Gasteiger partial charge in [0.25, 0.3) is 0 Å². The fraction of sp³-hybridized carbons (Fsp3) is 0.182. The molecule has 0 atom stereocenters. The third kappa shape index (κ3) is 3.94. The van der Waals surface area contributed by atoms with E-state index >= 15 is 0 Å². The Kier molecular flexibility index (Phi) is 4.21. The zero-order valence-corrected chi connectivity index (χ0v) is 9.54. The number of hydrogen-bond acceptors (Lipinski definition) is 4. The van der Waals surface area contributed by atoms with E-state index in [9.17, 15) is 9.59 Å². The molecule has 0 bridgehead atoms. The molecule has 2 N–H and O–H groups in total. The van der Waals surface area contributed by atoms with Gasteiger partial charge in [0.2, 0.25) is 5.91 Å². The first kappa shape index (κ1) is 12.7. The second-order valence-electron chi connectivity index (χ2n) is 3.45. The Hall–Kier alpha value is -2.37. The smallest absolute Gasteiger partial charge is 0.328 e. The summed E-state index contributed by atoms with van der Waals surface area (Å²) < 4.78 is 0. The first-order valence-corrected chi connectivity index (χ1v) is 4.84. The van der Waals surface area contributed by atoms with E-state index < -0.39 is 11.9 Å². The van der Waals surface area contributed by atoms with Gasteiger partial charge in [0.15, 0.2) is 0 Å². The van der Waals surface area contributed by atoms with E-state index in [0.29, 0.717) is 5.69 Å². The highest BCUT2D eigenvalue weighted by molar-refractivity contribution is 6.03. The summed E-state index contributed by atoms with van der Waals surface area (Å²) >= 11 is 0. The van der Waals surface area contributed by atoms with Crippen LogP contribution in [0.3, 0.4) is 0 Å². The molecule has 0 unspecified atom stereocenters. The van der Waals surface area contributed by atoms with Crippen LogP contribution >= 0.6 is 0 Å². The molecular formula is C11H13N3O3. The highest BCUT2D eigenvalue weighted by Gasteiger charge is 2.06. The van der Waals surface area contributed by atoms with Crippen LogP contribution in [-0.2, 0) is 9.59 Å². The van der Waals surface area contributed by atoms with Gasteiger partial charge in [-0.3, -0.25) is 9.78 Å². The zero-order chi connectivity index (χ0) is 12.8. The van der Waals surface area contributed by atoms with E-state index in [1.807, 2.05) is 19.0 Å². The molecule has 1 heterocycles. The number of aromatic nitrogens is 1. The molecule has 6 heteroatoms. The van der Waals surface area contributed by atoms with E-state index in [-0.39, 0.29) is 0 Å². The summed E-state index contributed by atoms with van der Waals surface area (Å²) in [5.74, 6) is -1.68. The van der Waals surface area contributed by atoms with E-state index in [1.165, 1.54) is 6.20 Å². The van der Waals surface area contributed by atoms with Crippen molar-refractivity contribution in [2.45, 2.75) is 0 Å². The lowest BCUT2D eigenvalue weighted by atomic mass is 10.3. The number of rotatable bonds is 4. The normalized spacial score (nSPS) is 10.2. The van der Waals surface area contributed by atoms with Crippen molar-refractivity contribution in [3.8, 4) is 0 Å². The molecule has 17 heavy (non-hydrogen) atoms. The first-order valence-electron chi connectivity index (χ1n) is 4.84. The Labute approximate surface area is 98.6 Å². The van der Waals surface area contributed by atoms with Crippen LogP contribution in [0.2, 0.25) is 0 Å². The van der Waals surface area contributed by atoms with Gasteiger partial charge < -0.3 is 15.3 Å². The molecule has 0 aliphatic rings. The molecular weight excluding hydrogens is 222 g/mol. The number of nitrogens with zero attached hydrogens (tertiary/aromatic N) is 2. The molecule has 0 aromatic carbocycles. The second kappa shape index (κ2) is 5.64. The molecule has 1 amide bonds. The number of nitrogens with one attached hydrogen (secondary N) is 1. The molecule has 0 saturated heterocycles. The van der Waals surface area contributed by atoms with Crippen molar-refractivity contribution in [3.63, 3.8) is 0 Å². The van der Waals surface area contributed by atoms with Gasteiger partial charge >= 0.3 is 5.97 Å². The van der Waals surface area contributed by atoms with Crippen molar-refractivity contribution in [1.82, 2.24) is 4.98 Å². The highest BCUT2D eigenvalue weighted by atomic mass is 16.4. The van der Waals surface area contributed by atoms with Crippen molar-refractivity contribution < 1.29 is 14.7 Å². The Morgan fingerprint density at radius 2 is 2.12 bits per heavy atom. The van der Waals surface area contributed by atoms with E-state index in [0.717, 1.165) is 17.8 Å². The largest absolute Gasteiger partial charge is 0.478 e. The molecule has 1 rings (SSSR count). The number of carboxylic acids is 1. The van der Waals surface area contributed by atoms with E-state index in [1.54, 1.807) is 12.3 Å². The van der Waals surface area contributed by atoms with E-state index in [2.05, 4.69) is 10.3 Å². The van der Waals surface area contributed by atoms with Gasteiger partial charge in [0.05, 0.1) is 17.6 Å². The van der Waals surface area contributed by atoms with Crippen molar-refractivity contribution in [2.75, 3.05) is 24.3 Å². The summed E-state index contributed by atoms with van der Waals surface area (Å²) in [5.41, 5.74) is 1.31. The minimum atomic E-state index is -1.17. The van der Waals surface area contributed by atoms with Gasteiger partial charge in [0.1, 0.15) is 0 Å². The van der Waals surface area contributed by atoms with Crippen LogP contribution in [0.5, 0.6) is 0 Å². The molecule has 6 nitrogen and oxygen atoms in total. The molecule has 0 saturated carbocycles. The van der Waals surface area contributed by atoms with Crippen molar-refractivity contribution >= 4 is 23.3 Å². The number of carboxylic acid groups (broad SMARTS) is 1. The summed E-state index contributed by atoms with van der Waals surface area (Å²) in [6, 6.07) is 1.75. The second-order valence-corrected chi connectivity index (χ2v) is 3.45. The van der Waals surface area contributed by atoms with Gasteiger partial charge in [-0.1, -0.05) is 0 Å². The fourth-order valence-electron chi connectivity index (χ4n) is 1.19. The predicted octanol–water partition coefficient (Wildman–Crippen LogP) is 0.727. The molecule has 0 spiro atoms. The topological polar surface area (TPSA) is 82.5 Å². The number of pyridine rings is 1. The van der Waals surface area contributed by atoms with Crippen LogP contribution in [0.15, 0.2) is 30.6 Å². The average molecular weight is 235 g/mol. The number of anilines is 2. The molecule has 0 radical (unpaired) electrons. The van der Waals surface area contributed by atoms with Gasteiger partial charge in [-0.2, -0.15) is 0 Å². The minimum Gasteiger partial charge on any atom is -0.478 e. The monoisotopic (exact) mass is 235 g/mol. The molecule has 1 aromatic rings. The van der Waals surface area contributed by atoms with Crippen LogP contribution in [0.1, 0.15) is 0 Å². The summed E-state index contributed by atoms with van der Waals surface area (Å²) in [7, 11) is 3.66. The Balaban J connectivity index is 2.81. The summed E-state index contributed by atoms with van der Waals surface area (Å²) in [5, 5.41) is 10.9. The molecule has 90 valence electrons. The third-order valence-electron chi connectivity index (χ3n) is 1.92. The van der Waals surface area contributed by atoms with Crippen LogP contribution in [0, 0.1) is 0 Å². The fourth-order valence-corrected chi connectivity index (χ4v) is 1.19. The van der Waals surface area contributed by atoms with Crippen molar-refractivity contribution in [2.24, 2.45) is 0 Å². The average Bonchev–Trinajstić information content (AvgIpc) is 2.27. The standard InChI is InChI=1S/C11H13N3O3/c1-14(2)9-5-6-12-7-8(9)13-10(15)3-4-11(16)17/h3-7H,1-2H3,(H,13,15)(H,16,17)/b4-3+. The number of aliphatic carboxylic acids is 1. The summed E-state index contributed by atoms with van der Waals surface area (Å²) in [6.07, 6.45) is 4.84. The van der Waals surface area contributed by atoms with Gasteiger partial charge in [-0.25, -0.2) is 4.79 Å². The molecule has 0 fully saturated rings.